The highest BCUT2D eigenvalue weighted by atomic mass is 32.1. The lowest BCUT2D eigenvalue weighted by atomic mass is 10.2. The molecule has 3 N–H and O–H groups in total. The van der Waals surface area contributed by atoms with E-state index in [0.29, 0.717) is 15.0 Å². The zero-order valence-electron chi connectivity index (χ0n) is 10.5. The number of nitrogens with one attached hydrogen (secondary N) is 3. The Morgan fingerprint density at radius 1 is 0.778 bits per heavy atom. The molecule has 6 heteroatoms. The minimum Gasteiger partial charge on any atom is -0.350 e. The standard InChI is InChI=1S/C12H15N3S3/c1-7(16)13-10-4-5-11(14-8(2)17)12(6-10)15-9(3)18/h4-6H,1-3H3,(H,13,16)(H,14,17)(H,15,18). The number of benzene rings is 1. The maximum atomic E-state index is 5.06. The van der Waals surface area contributed by atoms with Crippen molar-refractivity contribution in [3.63, 3.8) is 0 Å². The highest BCUT2D eigenvalue weighted by Crippen LogP contribution is 2.26. The van der Waals surface area contributed by atoms with Gasteiger partial charge in [0.1, 0.15) is 0 Å². The van der Waals surface area contributed by atoms with Gasteiger partial charge in [-0.15, -0.1) is 0 Å². The van der Waals surface area contributed by atoms with Crippen molar-refractivity contribution in [3.8, 4) is 0 Å². The van der Waals surface area contributed by atoms with E-state index in [-0.39, 0.29) is 0 Å². The molecule has 0 spiro atoms. The normalized spacial score (nSPS) is 9.50. The lowest BCUT2D eigenvalue weighted by molar-refractivity contribution is 1.57. The van der Waals surface area contributed by atoms with Gasteiger partial charge in [-0.25, -0.2) is 0 Å². The summed E-state index contributed by atoms with van der Waals surface area (Å²) in [6.07, 6.45) is 0. The average molecular weight is 297 g/mol. The summed E-state index contributed by atoms with van der Waals surface area (Å²) >= 11 is 15.1. The summed E-state index contributed by atoms with van der Waals surface area (Å²) in [5.41, 5.74) is 2.67. The van der Waals surface area contributed by atoms with Gasteiger partial charge in [0, 0.05) is 5.69 Å². The molecule has 0 aliphatic rings. The van der Waals surface area contributed by atoms with Crippen LogP contribution in [-0.4, -0.2) is 15.0 Å². The molecule has 1 aromatic rings. The van der Waals surface area contributed by atoms with Gasteiger partial charge in [-0.3, -0.25) is 0 Å². The summed E-state index contributed by atoms with van der Waals surface area (Å²) in [5, 5.41) is 9.31. The van der Waals surface area contributed by atoms with Crippen LogP contribution in [-0.2, 0) is 0 Å². The zero-order valence-corrected chi connectivity index (χ0v) is 12.9. The van der Waals surface area contributed by atoms with E-state index in [9.17, 15) is 0 Å². The van der Waals surface area contributed by atoms with Crippen molar-refractivity contribution in [1.82, 2.24) is 0 Å². The molecular weight excluding hydrogens is 282 g/mol. The number of anilines is 3. The van der Waals surface area contributed by atoms with E-state index in [1.54, 1.807) is 0 Å². The van der Waals surface area contributed by atoms with Crippen LogP contribution in [0.2, 0.25) is 0 Å². The first kappa shape index (κ1) is 14.9. The summed E-state index contributed by atoms with van der Waals surface area (Å²) in [5.74, 6) is 0. The molecule has 0 radical (unpaired) electrons. The lowest BCUT2D eigenvalue weighted by Crippen LogP contribution is -2.11. The second-order valence-electron chi connectivity index (χ2n) is 3.80. The van der Waals surface area contributed by atoms with Gasteiger partial charge in [-0.05, 0) is 39.0 Å². The quantitative estimate of drug-likeness (QED) is 0.733. The van der Waals surface area contributed by atoms with Crippen molar-refractivity contribution in [3.05, 3.63) is 18.2 Å². The fraction of sp³-hybridized carbons (Fsp3) is 0.250. The first-order chi connectivity index (χ1) is 8.38. The maximum Gasteiger partial charge on any atom is 0.0766 e. The summed E-state index contributed by atoms with van der Waals surface area (Å²) in [6, 6.07) is 5.80. The lowest BCUT2D eigenvalue weighted by Gasteiger charge is -2.14. The number of hydrogen-bond acceptors (Lipinski definition) is 3. The predicted molar refractivity (Wildman–Crippen MR) is 92.1 cm³/mol. The van der Waals surface area contributed by atoms with E-state index in [2.05, 4.69) is 16.0 Å². The molecule has 0 unspecified atom stereocenters. The monoisotopic (exact) mass is 297 g/mol. The van der Waals surface area contributed by atoms with Gasteiger partial charge < -0.3 is 16.0 Å². The van der Waals surface area contributed by atoms with Crippen molar-refractivity contribution < 1.29 is 0 Å². The van der Waals surface area contributed by atoms with E-state index in [4.69, 9.17) is 36.7 Å². The van der Waals surface area contributed by atoms with E-state index >= 15 is 0 Å². The fourth-order valence-electron chi connectivity index (χ4n) is 1.42. The molecule has 0 aromatic heterocycles. The van der Waals surface area contributed by atoms with Crippen molar-refractivity contribution in [2.24, 2.45) is 0 Å². The molecule has 0 heterocycles. The van der Waals surface area contributed by atoms with E-state index in [1.807, 2.05) is 39.0 Å². The first-order valence-corrected chi connectivity index (χ1v) is 6.58. The molecule has 0 bridgehead atoms. The Bertz CT molecular complexity index is 497. The van der Waals surface area contributed by atoms with Gasteiger partial charge in [0.2, 0.25) is 0 Å². The van der Waals surface area contributed by atoms with Crippen LogP contribution in [0.1, 0.15) is 20.8 Å². The topological polar surface area (TPSA) is 36.1 Å². The van der Waals surface area contributed by atoms with Crippen LogP contribution < -0.4 is 16.0 Å². The smallest absolute Gasteiger partial charge is 0.0766 e. The Morgan fingerprint density at radius 3 is 1.78 bits per heavy atom. The third-order valence-electron chi connectivity index (χ3n) is 1.96. The van der Waals surface area contributed by atoms with Crippen LogP contribution in [0.5, 0.6) is 0 Å². The third-order valence-corrected chi connectivity index (χ3v) is 2.27. The highest BCUT2D eigenvalue weighted by molar-refractivity contribution is 7.81. The minimum absolute atomic E-state index is 0.691. The molecule has 1 rings (SSSR count). The number of thiocarbonyl (C=S) groups is 3. The molecule has 0 fully saturated rings. The molecule has 0 saturated heterocycles. The van der Waals surface area contributed by atoms with Gasteiger partial charge >= 0.3 is 0 Å². The van der Waals surface area contributed by atoms with Crippen molar-refractivity contribution in [1.29, 1.82) is 0 Å². The second-order valence-corrected chi connectivity index (χ2v) is 5.64. The first-order valence-electron chi connectivity index (χ1n) is 5.35. The molecule has 3 nitrogen and oxygen atoms in total. The average Bonchev–Trinajstić information content (AvgIpc) is 2.19. The molecule has 0 atom stereocenters. The minimum atomic E-state index is 0.691. The predicted octanol–water partition coefficient (Wildman–Crippen LogP) is 3.96. The van der Waals surface area contributed by atoms with Crippen molar-refractivity contribution >= 4 is 68.7 Å². The van der Waals surface area contributed by atoms with Crippen LogP contribution in [0.3, 0.4) is 0 Å². The Balaban J connectivity index is 3.06. The summed E-state index contributed by atoms with van der Waals surface area (Å²) in [7, 11) is 0. The molecule has 96 valence electrons. The van der Waals surface area contributed by atoms with Gasteiger partial charge in [0.05, 0.1) is 26.3 Å². The van der Waals surface area contributed by atoms with Crippen LogP contribution >= 0.6 is 36.7 Å². The molecule has 18 heavy (non-hydrogen) atoms. The Hall–Kier alpha value is -1.11. The Labute approximate surface area is 123 Å². The molecule has 0 saturated carbocycles. The van der Waals surface area contributed by atoms with Gasteiger partial charge in [0.15, 0.2) is 0 Å². The number of hydrogen-bond donors (Lipinski definition) is 3. The highest BCUT2D eigenvalue weighted by Gasteiger charge is 2.05. The summed E-state index contributed by atoms with van der Waals surface area (Å²) < 4.78 is 0. The fourth-order valence-corrected chi connectivity index (χ4v) is 1.75. The van der Waals surface area contributed by atoms with E-state index in [0.717, 1.165) is 17.1 Å². The SMILES string of the molecule is CC(=S)Nc1ccc(NC(C)=S)c(NC(C)=S)c1. The Kier molecular flexibility index (Phi) is 5.58. The third kappa shape index (κ3) is 5.03. The van der Waals surface area contributed by atoms with Crippen LogP contribution in [0.15, 0.2) is 18.2 Å². The van der Waals surface area contributed by atoms with Gasteiger partial charge in [-0.2, -0.15) is 0 Å². The largest absolute Gasteiger partial charge is 0.350 e. The van der Waals surface area contributed by atoms with Crippen LogP contribution in [0.25, 0.3) is 0 Å². The molecule has 1 aromatic carbocycles. The van der Waals surface area contributed by atoms with Crippen molar-refractivity contribution in [2.75, 3.05) is 16.0 Å². The van der Waals surface area contributed by atoms with E-state index < -0.39 is 0 Å². The summed E-state index contributed by atoms with van der Waals surface area (Å²) in [6.45, 7) is 5.49. The molecular formula is C12H15N3S3. The van der Waals surface area contributed by atoms with E-state index in [1.165, 1.54) is 0 Å². The summed E-state index contributed by atoms with van der Waals surface area (Å²) in [4.78, 5) is 2.11. The zero-order chi connectivity index (χ0) is 13.7. The van der Waals surface area contributed by atoms with Gasteiger partial charge in [0.25, 0.3) is 0 Å². The van der Waals surface area contributed by atoms with Crippen LogP contribution in [0.4, 0.5) is 17.1 Å². The molecule has 0 aliphatic carbocycles. The maximum absolute atomic E-state index is 5.06. The number of rotatable bonds is 3. The molecule has 0 amide bonds. The molecule has 0 aliphatic heterocycles. The Morgan fingerprint density at radius 2 is 1.28 bits per heavy atom. The second kappa shape index (κ2) is 6.72. The van der Waals surface area contributed by atoms with Gasteiger partial charge in [-0.1, -0.05) is 36.7 Å². The van der Waals surface area contributed by atoms with Crippen molar-refractivity contribution in [2.45, 2.75) is 20.8 Å². The van der Waals surface area contributed by atoms with Crippen LogP contribution in [0, 0.1) is 0 Å².